The van der Waals surface area contributed by atoms with E-state index in [0.717, 1.165) is 24.4 Å². The van der Waals surface area contributed by atoms with Crippen molar-refractivity contribution < 1.29 is 14.6 Å². The van der Waals surface area contributed by atoms with Crippen LogP contribution in [0.2, 0.25) is 5.02 Å². The molecule has 4 nitrogen and oxygen atoms in total. The van der Waals surface area contributed by atoms with Gasteiger partial charge in [0.1, 0.15) is 5.75 Å². The van der Waals surface area contributed by atoms with Gasteiger partial charge in [0.15, 0.2) is 0 Å². The molecule has 0 aliphatic carbocycles. The van der Waals surface area contributed by atoms with Gasteiger partial charge in [-0.1, -0.05) is 29.8 Å². The van der Waals surface area contributed by atoms with Crippen molar-refractivity contribution in [3.05, 3.63) is 64.0 Å². The van der Waals surface area contributed by atoms with E-state index in [9.17, 15) is 9.90 Å². The van der Waals surface area contributed by atoms with Gasteiger partial charge in [0.25, 0.3) is 0 Å². The monoisotopic (exact) mass is 415 g/mol. The first-order valence-electron chi connectivity index (χ1n) is 9.35. The lowest BCUT2D eigenvalue weighted by Gasteiger charge is -2.37. The minimum atomic E-state index is -0.697. The Balaban J connectivity index is 1.81. The third-order valence-corrected chi connectivity index (χ3v) is 6.75. The molecule has 1 aliphatic heterocycles. The van der Waals surface area contributed by atoms with Crippen LogP contribution < -0.4 is 4.74 Å². The SMILES string of the molecule is COc1ccc(Cl)cc1C(c1csc2ccccc12)N1CCC(C(=O)O)CC1. The molecule has 0 spiro atoms. The Kier molecular flexibility index (Phi) is 5.58. The highest BCUT2D eigenvalue weighted by molar-refractivity contribution is 7.17. The highest BCUT2D eigenvalue weighted by Gasteiger charge is 2.32. The first-order valence-corrected chi connectivity index (χ1v) is 10.6. The summed E-state index contributed by atoms with van der Waals surface area (Å²) in [6, 6.07) is 14.1. The molecule has 0 saturated carbocycles. The average Bonchev–Trinajstić information content (AvgIpc) is 3.13. The van der Waals surface area contributed by atoms with E-state index >= 15 is 0 Å². The first-order chi connectivity index (χ1) is 13.6. The van der Waals surface area contributed by atoms with Crippen LogP contribution in [0, 0.1) is 5.92 Å². The van der Waals surface area contributed by atoms with E-state index in [-0.39, 0.29) is 12.0 Å². The Labute approximate surface area is 173 Å². The standard InChI is InChI=1S/C22H22ClNO3S/c1-27-19-7-6-15(23)12-17(19)21(24-10-8-14(9-11-24)22(25)26)18-13-28-20-5-3-2-4-16(18)20/h2-7,12-14,21H,8-11H2,1H3,(H,25,26). The fourth-order valence-corrected chi connectivity index (χ4v) is 5.25. The van der Waals surface area contributed by atoms with Crippen LogP contribution in [0.5, 0.6) is 5.75 Å². The third kappa shape index (κ3) is 3.62. The topological polar surface area (TPSA) is 49.8 Å². The van der Waals surface area contributed by atoms with E-state index in [1.165, 1.54) is 15.6 Å². The maximum atomic E-state index is 11.4. The Morgan fingerprint density at radius 3 is 2.68 bits per heavy atom. The molecule has 1 aromatic heterocycles. The smallest absolute Gasteiger partial charge is 0.306 e. The summed E-state index contributed by atoms with van der Waals surface area (Å²) in [4.78, 5) is 13.8. The van der Waals surface area contributed by atoms with Gasteiger partial charge in [-0.15, -0.1) is 11.3 Å². The minimum Gasteiger partial charge on any atom is -0.496 e. The summed E-state index contributed by atoms with van der Waals surface area (Å²) in [5.74, 6) is -0.167. The van der Waals surface area contributed by atoms with Crippen molar-refractivity contribution in [2.75, 3.05) is 20.2 Å². The summed E-state index contributed by atoms with van der Waals surface area (Å²) in [6.45, 7) is 1.45. The summed E-state index contributed by atoms with van der Waals surface area (Å²) in [5.41, 5.74) is 2.24. The maximum absolute atomic E-state index is 11.4. The third-order valence-electron chi connectivity index (χ3n) is 5.54. The molecule has 1 aliphatic rings. The van der Waals surface area contributed by atoms with Crippen LogP contribution >= 0.6 is 22.9 Å². The predicted octanol–water partition coefficient (Wildman–Crippen LogP) is 5.45. The zero-order valence-corrected chi connectivity index (χ0v) is 17.2. The zero-order chi connectivity index (χ0) is 19.7. The molecule has 2 heterocycles. The number of ether oxygens (including phenoxy) is 1. The van der Waals surface area contributed by atoms with Gasteiger partial charge in [0, 0.05) is 15.3 Å². The number of carbonyl (C=O) groups is 1. The van der Waals surface area contributed by atoms with Gasteiger partial charge in [-0.05, 0) is 66.5 Å². The molecule has 1 unspecified atom stereocenters. The fraction of sp³-hybridized carbons (Fsp3) is 0.318. The van der Waals surface area contributed by atoms with E-state index in [2.05, 4.69) is 34.5 Å². The Morgan fingerprint density at radius 2 is 1.96 bits per heavy atom. The number of rotatable bonds is 5. The van der Waals surface area contributed by atoms with Gasteiger partial charge in [0.05, 0.1) is 19.1 Å². The summed E-state index contributed by atoms with van der Waals surface area (Å²) in [6.07, 6.45) is 1.30. The van der Waals surface area contributed by atoms with Crippen molar-refractivity contribution in [1.29, 1.82) is 0 Å². The molecule has 146 valence electrons. The molecule has 0 radical (unpaired) electrons. The van der Waals surface area contributed by atoms with Gasteiger partial charge < -0.3 is 9.84 Å². The zero-order valence-electron chi connectivity index (χ0n) is 15.6. The molecule has 6 heteroatoms. The van der Waals surface area contributed by atoms with Gasteiger partial charge >= 0.3 is 5.97 Å². The molecular weight excluding hydrogens is 394 g/mol. The Morgan fingerprint density at radius 1 is 1.21 bits per heavy atom. The number of aliphatic carboxylic acids is 1. The van der Waals surface area contributed by atoms with Crippen LogP contribution in [0.25, 0.3) is 10.1 Å². The second kappa shape index (κ2) is 8.11. The van der Waals surface area contributed by atoms with E-state index < -0.39 is 5.97 Å². The highest BCUT2D eigenvalue weighted by atomic mass is 35.5. The number of halogens is 1. The lowest BCUT2D eigenvalue weighted by atomic mass is 9.90. The Hall–Kier alpha value is -2.08. The number of fused-ring (bicyclic) bond motifs is 1. The quantitative estimate of drug-likeness (QED) is 0.602. The second-order valence-electron chi connectivity index (χ2n) is 7.12. The highest BCUT2D eigenvalue weighted by Crippen LogP contribution is 2.42. The lowest BCUT2D eigenvalue weighted by Crippen LogP contribution is -2.39. The summed E-state index contributed by atoms with van der Waals surface area (Å²) in [7, 11) is 1.67. The molecule has 1 N–H and O–H groups in total. The number of likely N-dealkylation sites (tertiary alicyclic amines) is 1. The van der Waals surface area contributed by atoms with E-state index in [0.29, 0.717) is 17.9 Å². The van der Waals surface area contributed by atoms with Gasteiger partial charge in [-0.3, -0.25) is 9.69 Å². The van der Waals surface area contributed by atoms with Crippen molar-refractivity contribution >= 4 is 39.0 Å². The molecule has 4 rings (SSSR count). The summed E-state index contributed by atoms with van der Waals surface area (Å²) >= 11 is 8.08. The average molecular weight is 416 g/mol. The molecular formula is C22H22ClNO3S. The summed E-state index contributed by atoms with van der Waals surface area (Å²) in [5, 5.41) is 13.5. The molecule has 0 amide bonds. The summed E-state index contributed by atoms with van der Waals surface area (Å²) < 4.78 is 6.91. The molecule has 0 bridgehead atoms. The number of hydrogen-bond acceptors (Lipinski definition) is 4. The fourth-order valence-electron chi connectivity index (χ4n) is 4.09. The largest absolute Gasteiger partial charge is 0.496 e. The number of methoxy groups -OCH3 is 1. The number of carboxylic acids is 1. The van der Waals surface area contributed by atoms with Crippen LogP contribution in [-0.4, -0.2) is 36.2 Å². The van der Waals surface area contributed by atoms with Gasteiger partial charge in [-0.25, -0.2) is 0 Å². The molecule has 3 aromatic rings. The number of benzene rings is 2. The van der Waals surface area contributed by atoms with Crippen LogP contribution in [-0.2, 0) is 4.79 Å². The molecule has 1 saturated heterocycles. The number of thiophene rings is 1. The maximum Gasteiger partial charge on any atom is 0.306 e. The molecule has 28 heavy (non-hydrogen) atoms. The second-order valence-corrected chi connectivity index (χ2v) is 8.47. The van der Waals surface area contributed by atoms with Crippen molar-refractivity contribution in [2.24, 2.45) is 5.92 Å². The van der Waals surface area contributed by atoms with E-state index in [4.69, 9.17) is 16.3 Å². The van der Waals surface area contributed by atoms with E-state index in [1.54, 1.807) is 18.4 Å². The minimum absolute atomic E-state index is 0.0282. The van der Waals surface area contributed by atoms with Crippen LogP contribution in [0.1, 0.15) is 30.0 Å². The van der Waals surface area contributed by atoms with Crippen molar-refractivity contribution in [2.45, 2.75) is 18.9 Å². The number of nitrogens with zero attached hydrogens (tertiary/aromatic N) is 1. The van der Waals surface area contributed by atoms with Crippen LogP contribution in [0.3, 0.4) is 0 Å². The predicted molar refractivity (Wildman–Crippen MR) is 114 cm³/mol. The number of hydrogen-bond donors (Lipinski definition) is 1. The van der Waals surface area contributed by atoms with Gasteiger partial charge in [0.2, 0.25) is 0 Å². The first kappa shape index (κ1) is 19.2. The van der Waals surface area contributed by atoms with Crippen molar-refractivity contribution in [3.8, 4) is 5.75 Å². The molecule has 2 aromatic carbocycles. The van der Waals surface area contributed by atoms with Crippen LogP contribution in [0.4, 0.5) is 0 Å². The molecule has 1 fully saturated rings. The van der Waals surface area contributed by atoms with E-state index in [1.807, 2.05) is 18.2 Å². The Bertz CT molecular complexity index is 994. The lowest BCUT2D eigenvalue weighted by molar-refractivity contribution is -0.143. The normalized spacial score (nSPS) is 16.9. The number of carboxylic acid groups (broad SMARTS) is 1. The number of piperidine rings is 1. The van der Waals surface area contributed by atoms with Crippen LogP contribution in [0.15, 0.2) is 47.8 Å². The van der Waals surface area contributed by atoms with Gasteiger partial charge in [-0.2, -0.15) is 0 Å². The molecule has 1 atom stereocenters. The van der Waals surface area contributed by atoms with Crippen molar-refractivity contribution in [3.63, 3.8) is 0 Å². The van der Waals surface area contributed by atoms with Crippen molar-refractivity contribution in [1.82, 2.24) is 4.90 Å².